The molecule has 0 fully saturated rings. The average molecular weight is 151 g/mol. The van der Waals surface area contributed by atoms with Crippen molar-refractivity contribution in [2.45, 2.75) is 6.04 Å². The molecule has 11 heavy (non-hydrogen) atoms. The lowest BCUT2D eigenvalue weighted by Crippen LogP contribution is -2.05. The van der Waals surface area contributed by atoms with Crippen molar-refractivity contribution in [3.63, 3.8) is 0 Å². The van der Waals surface area contributed by atoms with Crippen molar-refractivity contribution in [3.8, 4) is 0 Å². The van der Waals surface area contributed by atoms with Crippen molar-refractivity contribution in [1.82, 2.24) is 0 Å². The highest BCUT2D eigenvalue weighted by Gasteiger charge is 1.99. The lowest BCUT2D eigenvalue weighted by atomic mass is 10.1. The Bertz CT molecular complexity index is 240. The van der Waals surface area contributed by atoms with Crippen molar-refractivity contribution in [3.05, 3.63) is 48.3 Å². The Morgan fingerprint density at radius 2 is 1.91 bits per heavy atom. The van der Waals surface area contributed by atoms with Crippen molar-refractivity contribution in [2.24, 2.45) is 5.73 Å². The highest BCUT2D eigenvalue weighted by atomic mass is 19.1. The maximum Gasteiger partial charge on any atom is 0.123 e. The molecule has 0 amide bonds. The molecule has 0 aliphatic heterocycles. The molecule has 2 N–H and O–H groups in total. The lowest BCUT2D eigenvalue weighted by molar-refractivity contribution is 0.626. The molecule has 0 bridgehead atoms. The van der Waals surface area contributed by atoms with Crippen LogP contribution >= 0.6 is 0 Å². The molecule has 1 rings (SSSR count). The van der Waals surface area contributed by atoms with Gasteiger partial charge in [0.25, 0.3) is 0 Å². The Kier molecular flexibility index (Phi) is 2.39. The molecule has 0 spiro atoms. The molecule has 0 aliphatic carbocycles. The van der Waals surface area contributed by atoms with Crippen LogP contribution in [0.5, 0.6) is 0 Å². The molecule has 0 aliphatic rings. The third kappa shape index (κ3) is 1.88. The molecule has 0 saturated carbocycles. The fourth-order valence-electron chi connectivity index (χ4n) is 0.821. The van der Waals surface area contributed by atoms with E-state index in [1.807, 2.05) is 0 Å². The molecule has 58 valence electrons. The first-order chi connectivity index (χ1) is 5.24. The summed E-state index contributed by atoms with van der Waals surface area (Å²) in [7, 11) is 0. The van der Waals surface area contributed by atoms with Crippen molar-refractivity contribution >= 4 is 0 Å². The summed E-state index contributed by atoms with van der Waals surface area (Å²) in [5.74, 6) is -0.245. The van der Waals surface area contributed by atoms with E-state index in [-0.39, 0.29) is 11.9 Å². The molecular weight excluding hydrogens is 141 g/mol. The molecule has 2 heteroatoms. The standard InChI is InChI=1S/C9H10FN/c1-2-9(11)7-3-5-8(10)6-4-7/h2-6,9H,1,11H2. The van der Waals surface area contributed by atoms with Gasteiger partial charge < -0.3 is 5.73 Å². The van der Waals surface area contributed by atoms with Gasteiger partial charge in [0.2, 0.25) is 0 Å². The summed E-state index contributed by atoms with van der Waals surface area (Å²) >= 11 is 0. The smallest absolute Gasteiger partial charge is 0.123 e. The quantitative estimate of drug-likeness (QED) is 0.643. The zero-order valence-electron chi connectivity index (χ0n) is 6.13. The van der Waals surface area contributed by atoms with Gasteiger partial charge in [-0.15, -0.1) is 6.58 Å². The van der Waals surface area contributed by atoms with E-state index in [0.29, 0.717) is 0 Å². The third-order valence-corrected chi connectivity index (χ3v) is 1.51. The van der Waals surface area contributed by atoms with Gasteiger partial charge in [-0.05, 0) is 17.7 Å². The van der Waals surface area contributed by atoms with E-state index >= 15 is 0 Å². The molecule has 0 saturated heterocycles. The first kappa shape index (κ1) is 7.95. The first-order valence-corrected chi connectivity index (χ1v) is 3.37. The van der Waals surface area contributed by atoms with Crippen LogP contribution in [-0.4, -0.2) is 0 Å². The van der Waals surface area contributed by atoms with Crippen LogP contribution in [0.3, 0.4) is 0 Å². The highest BCUT2D eigenvalue weighted by Crippen LogP contribution is 2.10. The fraction of sp³-hybridized carbons (Fsp3) is 0.111. The van der Waals surface area contributed by atoms with E-state index in [2.05, 4.69) is 6.58 Å². The number of halogens is 1. The van der Waals surface area contributed by atoms with Crippen molar-refractivity contribution in [2.75, 3.05) is 0 Å². The van der Waals surface area contributed by atoms with Crippen molar-refractivity contribution < 1.29 is 4.39 Å². The average Bonchev–Trinajstić information content (AvgIpc) is 2.05. The minimum atomic E-state index is -0.245. The number of hydrogen-bond donors (Lipinski definition) is 1. The van der Waals surface area contributed by atoms with E-state index < -0.39 is 0 Å². The topological polar surface area (TPSA) is 26.0 Å². The number of nitrogens with two attached hydrogens (primary N) is 1. The van der Waals surface area contributed by atoms with E-state index in [0.717, 1.165) is 5.56 Å². The lowest BCUT2D eigenvalue weighted by Gasteiger charge is -2.04. The molecule has 0 heterocycles. The van der Waals surface area contributed by atoms with Gasteiger partial charge in [-0.3, -0.25) is 0 Å². The normalized spacial score (nSPS) is 12.5. The molecule has 0 aromatic heterocycles. The Morgan fingerprint density at radius 1 is 1.36 bits per heavy atom. The summed E-state index contributed by atoms with van der Waals surface area (Å²) in [5, 5.41) is 0. The molecule has 1 nitrogen and oxygen atoms in total. The van der Waals surface area contributed by atoms with Gasteiger partial charge in [-0.25, -0.2) is 4.39 Å². The molecule has 0 radical (unpaired) electrons. The second-order valence-corrected chi connectivity index (χ2v) is 2.31. The predicted octanol–water partition coefficient (Wildman–Crippen LogP) is 2.01. The molecule has 1 aromatic rings. The maximum absolute atomic E-state index is 12.4. The van der Waals surface area contributed by atoms with Crippen LogP contribution in [0, 0.1) is 5.82 Å². The zero-order chi connectivity index (χ0) is 8.27. The van der Waals surface area contributed by atoms with Gasteiger partial charge in [-0.2, -0.15) is 0 Å². The van der Waals surface area contributed by atoms with E-state index in [4.69, 9.17) is 5.73 Å². The maximum atomic E-state index is 12.4. The van der Waals surface area contributed by atoms with Gasteiger partial charge >= 0.3 is 0 Å². The van der Waals surface area contributed by atoms with Crippen LogP contribution in [0.1, 0.15) is 11.6 Å². The van der Waals surface area contributed by atoms with Gasteiger partial charge in [0.15, 0.2) is 0 Å². The van der Waals surface area contributed by atoms with Crippen LogP contribution in [0.15, 0.2) is 36.9 Å². The summed E-state index contributed by atoms with van der Waals surface area (Å²) in [6.45, 7) is 3.54. The molecule has 1 unspecified atom stereocenters. The second kappa shape index (κ2) is 3.30. The summed E-state index contributed by atoms with van der Waals surface area (Å²) in [4.78, 5) is 0. The molecular formula is C9H10FN. The number of hydrogen-bond acceptors (Lipinski definition) is 1. The van der Waals surface area contributed by atoms with E-state index in [1.54, 1.807) is 18.2 Å². The van der Waals surface area contributed by atoms with Crippen LogP contribution in [-0.2, 0) is 0 Å². The summed E-state index contributed by atoms with van der Waals surface area (Å²) in [6, 6.07) is 5.89. The third-order valence-electron chi connectivity index (χ3n) is 1.51. The summed E-state index contributed by atoms with van der Waals surface area (Å²) in [6.07, 6.45) is 1.62. The van der Waals surface area contributed by atoms with E-state index in [1.165, 1.54) is 12.1 Å². The van der Waals surface area contributed by atoms with Crippen LogP contribution < -0.4 is 5.73 Å². The van der Waals surface area contributed by atoms with Crippen LogP contribution in [0.25, 0.3) is 0 Å². The summed E-state index contributed by atoms with van der Waals surface area (Å²) < 4.78 is 12.4. The van der Waals surface area contributed by atoms with Gasteiger partial charge in [0, 0.05) is 6.04 Å². The first-order valence-electron chi connectivity index (χ1n) is 3.37. The Morgan fingerprint density at radius 3 is 2.36 bits per heavy atom. The zero-order valence-corrected chi connectivity index (χ0v) is 6.13. The molecule has 1 aromatic carbocycles. The monoisotopic (exact) mass is 151 g/mol. The Balaban J connectivity index is 2.89. The van der Waals surface area contributed by atoms with Gasteiger partial charge in [0.05, 0.1) is 0 Å². The summed E-state index contributed by atoms with van der Waals surface area (Å²) in [5.41, 5.74) is 6.48. The van der Waals surface area contributed by atoms with Gasteiger partial charge in [0.1, 0.15) is 5.82 Å². The fourth-order valence-corrected chi connectivity index (χ4v) is 0.821. The Labute approximate surface area is 65.3 Å². The number of rotatable bonds is 2. The second-order valence-electron chi connectivity index (χ2n) is 2.31. The van der Waals surface area contributed by atoms with Crippen LogP contribution in [0.2, 0.25) is 0 Å². The predicted molar refractivity (Wildman–Crippen MR) is 43.5 cm³/mol. The SMILES string of the molecule is C=CC(N)c1ccc(F)cc1. The highest BCUT2D eigenvalue weighted by molar-refractivity contribution is 5.22. The van der Waals surface area contributed by atoms with Gasteiger partial charge in [-0.1, -0.05) is 18.2 Å². The largest absolute Gasteiger partial charge is 0.321 e. The van der Waals surface area contributed by atoms with Crippen molar-refractivity contribution in [1.29, 1.82) is 0 Å². The minimum Gasteiger partial charge on any atom is -0.321 e. The Hall–Kier alpha value is -1.15. The van der Waals surface area contributed by atoms with Crippen LogP contribution in [0.4, 0.5) is 4.39 Å². The van der Waals surface area contributed by atoms with E-state index in [9.17, 15) is 4.39 Å². The number of benzene rings is 1. The molecule has 1 atom stereocenters. The minimum absolute atomic E-state index is 0.199.